The van der Waals surface area contributed by atoms with Crippen molar-refractivity contribution in [3.05, 3.63) is 91.0 Å². The van der Waals surface area contributed by atoms with Crippen LogP contribution in [0.3, 0.4) is 0 Å². The number of benzene rings is 3. The zero-order chi connectivity index (χ0) is 17.3. The van der Waals surface area contributed by atoms with E-state index in [-0.39, 0.29) is 5.92 Å². The summed E-state index contributed by atoms with van der Waals surface area (Å²) in [6.45, 7) is 2.98. The number of rotatable bonds is 6. The Hall–Kier alpha value is -3.07. The molecule has 0 saturated carbocycles. The quantitative estimate of drug-likeness (QED) is 0.458. The van der Waals surface area contributed by atoms with Crippen molar-refractivity contribution in [2.24, 2.45) is 10.9 Å². The molecule has 0 heterocycles. The summed E-state index contributed by atoms with van der Waals surface area (Å²) in [5, 5.41) is 6.95. The van der Waals surface area contributed by atoms with Crippen molar-refractivity contribution in [3.63, 3.8) is 0 Å². The maximum Gasteiger partial charge on any atom is 0.111 e. The van der Waals surface area contributed by atoms with E-state index in [2.05, 4.69) is 41.8 Å². The zero-order valence-corrected chi connectivity index (χ0v) is 14.4. The molecule has 0 amide bonds. The van der Waals surface area contributed by atoms with Gasteiger partial charge in [-0.15, -0.1) is 0 Å². The summed E-state index contributed by atoms with van der Waals surface area (Å²) in [5.74, 6) is 1.17. The number of hydrogen-bond donors (Lipinski definition) is 2. The molecule has 3 rings (SSSR count). The molecule has 25 heavy (non-hydrogen) atoms. The minimum absolute atomic E-state index is 0.223. The first-order valence-electron chi connectivity index (χ1n) is 8.56. The number of nitrogens with zero attached hydrogens (tertiary/aromatic N) is 1. The summed E-state index contributed by atoms with van der Waals surface area (Å²) in [4.78, 5) is 4.83. The number of para-hydroxylation sites is 3. The Morgan fingerprint density at radius 2 is 1.28 bits per heavy atom. The monoisotopic (exact) mass is 329 g/mol. The summed E-state index contributed by atoms with van der Waals surface area (Å²) in [6.07, 6.45) is 0. The summed E-state index contributed by atoms with van der Waals surface area (Å²) in [5.41, 5.74) is 3.12. The standard InChI is InChI=1S/C22H23N3/c1-18(17-23-19-11-5-2-6-12-19)22(24-20-13-7-3-8-14-20)25-21-15-9-4-10-16-21/h2-16,18,23H,17H2,1H3,(H,24,25)/t18-/m0/s1. The third-order valence-corrected chi connectivity index (χ3v) is 3.90. The Morgan fingerprint density at radius 1 is 0.760 bits per heavy atom. The summed E-state index contributed by atoms with van der Waals surface area (Å²) in [6, 6.07) is 30.5. The second-order valence-electron chi connectivity index (χ2n) is 5.97. The summed E-state index contributed by atoms with van der Waals surface area (Å²) in [7, 11) is 0. The van der Waals surface area contributed by atoms with Crippen LogP contribution in [0.15, 0.2) is 96.0 Å². The van der Waals surface area contributed by atoms with Gasteiger partial charge in [0, 0.05) is 23.8 Å². The zero-order valence-electron chi connectivity index (χ0n) is 14.4. The number of hydrogen-bond acceptors (Lipinski definition) is 2. The smallest absolute Gasteiger partial charge is 0.111 e. The van der Waals surface area contributed by atoms with E-state index in [1.54, 1.807) is 0 Å². The van der Waals surface area contributed by atoms with Crippen molar-refractivity contribution in [1.82, 2.24) is 0 Å². The van der Waals surface area contributed by atoms with Crippen LogP contribution in [0.25, 0.3) is 0 Å². The van der Waals surface area contributed by atoms with Gasteiger partial charge in [-0.1, -0.05) is 61.5 Å². The number of amidine groups is 1. The maximum absolute atomic E-state index is 4.83. The fourth-order valence-corrected chi connectivity index (χ4v) is 2.50. The van der Waals surface area contributed by atoms with Crippen LogP contribution >= 0.6 is 0 Å². The molecular weight excluding hydrogens is 306 g/mol. The molecule has 126 valence electrons. The van der Waals surface area contributed by atoms with Crippen molar-refractivity contribution in [2.45, 2.75) is 6.92 Å². The highest BCUT2D eigenvalue weighted by molar-refractivity contribution is 5.98. The molecule has 0 spiro atoms. The third-order valence-electron chi connectivity index (χ3n) is 3.90. The van der Waals surface area contributed by atoms with Gasteiger partial charge < -0.3 is 10.6 Å². The Bertz CT molecular complexity index is 783. The lowest BCUT2D eigenvalue weighted by Crippen LogP contribution is -2.26. The van der Waals surface area contributed by atoms with Gasteiger partial charge in [0.2, 0.25) is 0 Å². The minimum Gasteiger partial charge on any atom is -0.384 e. The molecule has 0 saturated heterocycles. The molecule has 0 radical (unpaired) electrons. The molecule has 3 aromatic rings. The SMILES string of the molecule is C[C@@H](CNc1ccccc1)C(=Nc1ccccc1)Nc1ccccc1. The predicted octanol–water partition coefficient (Wildman–Crippen LogP) is 5.58. The topological polar surface area (TPSA) is 36.4 Å². The third kappa shape index (κ3) is 5.21. The molecule has 1 atom stereocenters. The van der Waals surface area contributed by atoms with Crippen LogP contribution in [-0.4, -0.2) is 12.4 Å². The molecule has 3 aromatic carbocycles. The van der Waals surface area contributed by atoms with Crippen LogP contribution in [0.5, 0.6) is 0 Å². The van der Waals surface area contributed by atoms with Crippen LogP contribution in [0.4, 0.5) is 17.1 Å². The van der Waals surface area contributed by atoms with Crippen molar-refractivity contribution in [3.8, 4) is 0 Å². The van der Waals surface area contributed by atoms with E-state index in [1.165, 1.54) is 0 Å². The van der Waals surface area contributed by atoms with Crippen molar-refractivity contribution >= 4 is 22.9 Å². The van der Waals surface area contributed by atoms with Gasteiger partial charge in [-0.3, -0.25) is 0 Å². The molecule has 2 N–H and O–H groups in total. The number of nitrogens with one attached hydrogen (secondary N) is 2. The summed E-state index contributed by atoms with van der Waals surface area (Å²) >= 11 is 0. The van der Waals surface area contributed by atoms with E-state index in [1.807, 2.05) is 66.7 Å². The highest BCUT2D eigenvalue weighted by atomic mass is 15.0. The van der Waals surface area contributed by atoms with Crippen LogP contribution in [0.2, 0.25) is 0 Å². The van der Waals surface area contributed by atoms with E-state index < -0.39 is 0 Å². The average molecular weight is 329 g/mol. The Morgan fingerprint density at radius 3 is 1.88 bits per heavy atom. The molecule has 0 bridgehead atoms. The van der Waals surface area contributed by atoms with Gasteiger partial charge in [0.15, 0.2) is 0 Å². The van der Waals surface area contributed by atoms with Crippen molar-refractivity contribution in [1.29, 1.82) is 0 Å². The molecule has 0 aromatic heterocycles. The Kier molecular flexibility index (Phi) is 5.83. The first-order chi connectivity index (χ1) is 12.3. The van der Waals surface area contributed by atoms with Crippen LogP contribution < -0.4 is 10.6 Å². The lowest BCUT2D eigenvalue weighted by atomic mass is 10.1. The highest BCUT2D eigenvalue weighted by Crippen LogP contribution is 2.16. The van der Waals surface area contributed by atoms with Crippen LogP contribution in [-0.2, 0) is 0 Å². The number of anilines is 2. The van der Waals surface area contributed by atoms with Gasteiger partial charge in [-0.25, -0.2) is 4.99 Å². The lowest BCUT2D eigenvalue weighted by molar-refractivity contribution is 0.813. The number of aliphatic imine (C=N–C) groups is 1. The van der Waals surface area contributed by atoms with Gasteiger partial charge in [0.1, 0.15) is 5.84 Å². The average Bonchev–Trinajstić information content (AvgIpc) is 2.68. The van der Waals surface area contributed by atoms with Gasteiger partial charge in [0.25, 0.3) is 0 Å². The molecule has 0 fully saturated rings. The van der Waals surface area contributed by atoms with Crippen molar-refractivity contribution in [2.75, 3.05) is 17.2 Å². The fourth-order valence-electron chi connectivity index (χ4n) is 2.50. The molecule has 3 heteroatoms. The second-order valence-corrected chi connectivity index (χ2v) is 5.97. The van der Waals surface area contributed by atoms with E-state index >= 15 is 0 Å². The molecule has 0 aliphatic rings. The van der Waals surface area contributed by atoms with Gasteiger partial charge >= 0.3 is 0 Å². The molecule has 0 aliphatic carbocycles. The van der Waals surface area contributed by atoms with Crippen LogP contribution in [0.1, 0.15) is 6.92 Å². The second kappa shape index (κ2) is 8.69. The van der Waals surface area contributed by atoms with Gasteiger partial charge in [-0.05, 0) is 36.4 Å². The molecular formula is C22H23N3. The van der Waals surface area contributed by atoms with Crippen molar-refractivity contribution < 1.29 is 0 Å². The Balaban J connectivity index is 1.76. The largest absolute Gasteiger partial charge is 0.384 e. The Labute approximate surface area is 149 Å². The minimum atomic E-state index is 0.223. The summed E-state index contributed by atoms with van der Waals surface area (Å²) < 4.78 is 0. The van der Waals surface area contributed by atoms with Crippen LogP contribution in [0, 0.1) is 5.92 Å². The van der Waals surface area contributed by atoms with Gasteiger partial charge in [-0.2, -0.15) is 0 Å². The maximum atomic E-state index is 4.83. The van der Waals surface area contributed by atoms with E-state index in [9.17, 15) is 0 Å². The van der Waals surface area contributed by atoms with Gasteiger partial charge in [0.05, 0.1) is 5.69 Å². The molecule has 3 nitrogen and oxygen atoms in total. The fraction of sp³-hybridized carbons (Fsp3) is 0.136. The van der Waals surface area contributed by atoms with E-state index in [0.717, 1.165) is 29.4 Å². The first kappa shape index (κ1) is 16.8. The molecule has 0 aliphatic heterocycles. The predicted molar refractivity (Wildman–Crippen MR) is 108 cm³/mol. The normalized spacial score (nSPS) is 12.4. The lowest BCUT2D eigenvalue weighted by Gasteiger charge is -2.18. The molecule has 0 unspecified atom stereocenters. The van der Waals surface area contributed by atoms with E-state index in [0.29, 0.717) is 0 Å². The van der Waals surface area contributed by atoms with E-state index in [4.69, 9.17) is 4.99 Å². The first-order valence-corrected chi connectivity index (χ1v) is 8.56. The highest BCUT2D eigenvalue weighted by Gasteiger charge is 2.11.